The van der Waals surface area contributed by atoms with Gasteiger partial charge in [-0.2, -0.15) is 13.2 Å². The molecule has 0 aliphatic carbocycles. The van der Waals surface area contributed by atoms with Crippen molar-refractivity contribution in [2.24, 2.45) is 0 Å². The zero-order valence-corrected chi connectivity index (χ0v) is 13.9. The van der Waals surface area contributed by atoms with Crippen molar-refractivity contribution in [3.8, 4) is 0 Å². The first kappa shape index (κ1) is 18.6. The summed E-state index contributed by atoms with van der Waals surface area (Å²) in [5, 5.41) is 10.3. The van der Waals surface area contributed by atoms with Crippen molar-refractivity contribution >= 4 is 6.09 Å². The highest BCUT2D eigenvalue weighted by Gasteiger charge is 2.39. The van der Waals surface area contributed by atoms with Gasteiger partial charge in [0.2, 0.25) is 0 Å². The first-order chi connectivity index (χ1) is 11.0. The Kier molecular flexibility index (Phi) is 5.13. The van der Waals surface area contributed by atoms with Gasteiger partial charge in [0.15, 0.2) is 0 Å². The van der Waals surface area contributed by atoms with Crippen molar-refractivity contribution in [2.45, 2.75) is 51.0 Å². The average molecular weight is 345 g/mol. The lowest BCUT2D eigenvalue weighted by Gasteiger charge is -2.37. The molecule has 2 rings (SSSR count). The van der Waals surface area contributed by atoms with Gasteiger partial charge in [0.05, 0.1) is 18.2 Å². The Hall–Kier alpha value is -1.76. The first-order valence-corrected chi connectivity index (χ1v) is 7.81. The quantitative estimate of drug-likeness (QED) is 0.842. The number of ether oxygens (including phenoxy) is 1. The second-order valence-corrected chi connectivity index (χ2v) is 6.97. The Balaban J connectivity index is 2.14. The average Bonchev–Trinajstić information content (AvgIpc) is 2.44. The number of aliphatic hydroxyl groups is 1. The predicted octanol–water partition coefficient (Wildman–Crippen LogP) is 3.79. The van der Waals surface area contributed by atoms with Crippen molar-refractivity contribution < 1.29 is 27.8 Å². The molecule has 1 N–H and O–H groups in total. The number of piperidine rings is 1. The molecule has 0 aromatic heterocycles. The molecule has 0 radical (unpaired) electrons. The smallest absolute Gasteiger partial charge is 0.416 e. The zero-order valence-electron chi connectivity index (χ0n) is 13.9. The Morgan fingerprint density at radius 3 is 2.42 bits per heavy atom. The lowest BCUT2D eigenvalue weighted by Crippen LogP contribution is -2.47. The van der Waals surface area contributed by atoms with E-state index in [0.717, 1.165) is 6.07 Å². The van der Waals surface area contributed by atoms with Crippen LogP contribution in [-0.2, 0) is 10.9 Å². The molecule has 2 atom stereocenters. The molecule has 1 aliphatic rings. The minimum atomic E-state index is -4.47. The van der Waals surface area contributed by atoms with Crippen molar-refractivity contribution in [3.05, 3.63) is 35.4 Å². The molecule has 1 heterocycles. The fraction of sp³-hybridized carbons (Fsp3) is 0.588. The van der Waals surface area contributed by atoms with E-state index in [9.17, 15) is 23.1 Å². The third-order valence-corrected chi connectivity index (χ3v) is 3.90. The molecule has 24 heavy (non-hydrogen) atoms. The van der Waals surface area contributed by atoms with Crippen molar-refractivity contribution in [1.29, 1.82) is 0 Å². The number of β-amino-alcohol motifs (C(OH)–C–C–N with tert-alkyl or cyclic N) is 1. The van der Waals surface area contributed by atoms with E-state index in [1.807, 2.05) is 0 Å². The molecule has 134 valence electrons. The number of carbonyl (C=O) groups excluding carboxylic acids is 1. The monoisotopic (exact) mass is 345 g/mol. The van der Waals surface area contributed by atoms with Crippen molar-refractivity contribution in [3.63, 3.8) is 0 Å². The predicted molar refractivity (Wildman–Crippen MR) is 82.6 cm³/mol. The van der Waals surface area contributed by atoms with Crippen LogP contribution in [0.25, 0.3) is 0 Å². The number of rotatable bonds is 1. The molecule has 0 unspecified atom stereocenters. The number of hydrogen-bond acceptors (Lipinski definition) is 3. The maximum atomic E-state index is 13.2. The van der Waals surface area contributed by atoms with Crippen molar-refractivity contribution in [2.75, 3.05) is 13.1 Å². The third kappa shape index (κ3) is 4.41. The largest absolute Gasteiger partial charge is 0.444 e. The van der Waals surface area contributed by atoms with Crippen LogP contribution < -0.4 is 0 Å². The molecule has 0 saturated carbocycles. The molecule has 1 aromatic carbocycles. The van der Waals surface area contributed by atoms with Crippen LogP contribution in [-0.4, -0.2) is 40.9 Å². The van der Waals surface area contributed by atoms with Crippen LogP contribution in [0.3, 0.4) is 0 Å². The van der Waals surface area contributed by atoms with Gasteiger partial charge in [-0.3, -0.25) is 0 Å². The van der Waals surface area contributed by atoms with Gasteiger partial charge in [-0.25, -0.2) is 4.79 Å². The normalized spacial score (nSPS) is 22.4. The lowest BCUT2D eigenvalue weighted by molar-refractivity contribution is -0.138. The van der Waals surface area contributed by atoms with Gasteiger partial charge in [-0.1, -0.05) is 18.2 Å². The minimum Gasteiger partial charge on any atom is -0.444 e. The highest BCUT2D eigenvalue weighted by Crippen LogP contribution is 2.38. The third-order valence-electron chi connectivity index (χ3n) is 3.90. The van der Waals surface area contributed by atoms with Crippen LogP contribution in [0.4, 0.5) is 18.0 Å². The standard InChI is InChI=1S/C17H22F3NO3/c1-16(2,3)24-15(23)21-9-8-12(14(22)10-21)11-6-4-5-7-13(11)17(18,19)20/h4-7,12,14,22H,8-10H2,1-3H3/t12-,14+/m1/s1. The van der Waals surface area contributed by atoms with Crippen LogP contribution in [0.15, 0.2) is 24.3 Å². The summed E-state index contributed by atoms with van der Waals surface area (Å²) in [6, 6.07) is 5.26. The summed E-state index contributed by atoms with van der Waals surface area (Å²) in [4.78, 5) is 13.4. The topological polar surface area (TPSA) is 49.8 Å². The van der Waals surface area contributed by atoms with Crippen LogP contribution in [0.1, 0.15) is 44.2 Å². The van der Waals surface area contributed by atoms with E-state index in [1.165, 1.54) is 23.1 Å². The minimum absolute atomic E-state index is 0.0498. The van der Waals surface area contributed by atoms with Crippen molar-refractivity contribution in [1.82, 2.24) is 4.90 Å². The first-order valence-electron chi connectivity index (χ1n) is 7.81. The molecule has 1 amide bonds. The SMILES string of the molecule is CC(C)(C)OC(=O)N1CC[C@H](c2ccccc2C(F)(F)F)[C@@H](O)C1. The fourth-order valence-corrected chi connectivity index (χ4v) is 2.87. The summed E-state index contributed by atoms with van der Waals surface area (Å²) >= 11 is 0. The van der Waals surface area contributed by atoms with Crippen LogP contribution >= 0.6 is 0 Å². The highest BCUT2D eigenvalue weighted by atomic mass is 19.4. The summed E-state index contributed by atoms with van der Waals surface area (Å²) in [6.07, 6.45) is -5.87. The molecular formula is C17H22F3NO3. The number of amides is 1. The maximum Gasteiger partial charge on any atom is 0.416 e. The molecule has 0 spiro atoms. The number of benzene rings is 1. The summed E-state index contributed by atoms with van der Waals surface area (Å²) in [5.41, 5.74) is -1.33. The number of carbonyl (C=O) groups is 1. The second kappa shape index (κ2) is 6.63. The van der Waals surface area contributed by atoms with Gasteiger partial charge in [-0.15, -0.1) is 0 Å². The molecular weight excluding hydrogens is 323 g/mol. The van der Waals surface area contributed by atoms with E-state index in [1.54, 1.807) is 20.8 Å². The molecule has 1 fully saturated rings. The van der Waals surface area contributed by atoms with Gasteiger partial charge >= 0.3 is 12.3 Å². The number of alkyl halides is 3. The van der Waals surface area contributed by atoms with E-state index < -0.39 is 35.5 Å². The van der Waals surface area contributed by atoms with E-state index in [2.05, 4.69) is 0 Å². The van der Waals surface area contributed by atoms with Crippen LogP contribution in [0.2, 0.25) is 0 Å². The van der Waals surface area contributed by atoms with Crippen LogP contribution in [0.5, 0.6) is 0 Å². The zero-order chi connectivity index (χ0) is 18.1. The Bertz CT molecular complexity index is 595. The Morgan fingerprint density at radius 1 is 1.25 bits per heavy atom. The van der Waals surface area contributed by atoms with E-state index in [0.29, 0.717) is 0 Å². The molecule has 1 saturated heterocycles. The van der Waals surface area contributed by atoms with Gasteiger partial charge in [0.25, 0.3) is 0 Å². The maximum absolute atomic E-state index is 13.2. The lowest BCUT2D eigenvalue weighted by atomic mass is 9.84. The van der Waals surface area contributed by atoms with E-state index >= 15 is 0 Å². The van der Waals surface area contributed by atoms with E-state index in [4.69, 9.17) is 4.74 Å². The molecule has 0 bridgehead atoms. The number of likely N-dealkylation sites (tertiary alicyclic amines) is 1. The molecule has 7 heteroatoms. The number of aliphatic hydroxyl groups excluding tert-OH is 1. The highest BCUT2D eigenvalue weighted by molar-refractivity contribution is 5.68. The number of hydrogen-bond donors (Lipinski definition) is 1. The van der Waals surface area contributed by atoms with Gasteiger partial charge in [-0.05, 0) is 38.8 Å². The Labute approximate surface area is 139 Å². The molecule has 1 aliphatic heterocycles. The van der Waals surface area contributed by atoms with Gasteiger partial charge in [0.1, 0.15) is 5.60 Å². The Morgan fingerprint density at radius 2 is 1.88 bits per heavy atom. The second-order valence-electron chi connectivity index (χ2n) is 6.97. The number of nitrogens with zero attached hydrogens (tertiary/aromatic N) is 1. The van der Waals surface area contributed by atoms with Crippen LogP contribution in [0, 0.1) is 0 Å². The molecule has 1 aromatic rings. The van der Waals surface area contributed by atoms with Gasteiger partial charge in [0, 0.05) is 12.5 Å². The summed E-state index contributed by atoms with van der Waals surface area (Å²) in [6.45, 7) is 5.38. The molecule has 4 nitrogen and oxygen atoms in total. The fourth-order valence-electron chi connectivity index (χ4n) is 2.87. The summed E-state index contributed by atoms with van der Waals surface area (Å²) in [7, 11) is 0. The van der Waals surface area contributed by atoms with E-state index in [-0.39, 0.29) is 25.1 Å². The number of halogens is 3. The summed E-state index contributed by atoms with van der Waals surface area (Å²) in [5.74, 6) is -0.665. The summed E-state index contributed by atoms with van der Waals surface area (Å²) < 4.78 is 44.7. The van der Waals surface area contributed by atoms with Gasteiger partial charge < -0.3 is 14.7 Å².